The van der Waals surface area contributed by atoms with Crippen LogP contribution in [-0.2, 0) is 19.5 Å². The molecule has 0 aliphatic heterocycles. The molecule has 0 spiro atoms. The minimum atomic E-state index is 0.416. The van der Waals surface area contributed by atoms with E-state index >= 15 is 0 Å². The Kier molecular flexibility index (Phi) is 3.64. The molecule has 100 valence electrons. The van der Waals surface area contributed by atoms with Gasteiger partial charge in [-0.25, -0.2) is 4.98 Å². The summed E-state index contributed by atoms with van der Waals surface area (Å²) in [7, 11) is 6.10. The molecule has 2 aromatic heterocycles. The highest BCUT2D eigenvalue weighted by atomic mass is 35.5. The van der Waals surface area contributed by atoms with Crippen molar-refractivity contribution in [2.24, 2.45) is 7.05 Å². The first kappa shape index (κ1) is 13.4. The molecule has 6 heteroatoms. The molecule has 0 saturated heterocycles. The Morgan fingerprint density at radius 3 is 2.61 bits per heavy atom. The number of imidazole rings is 1. The maximum Gasteiger partial charge on any atom is 0.158 e. The molecule has 0 fully saturated rings. The SMILES string of the molecule is Cc1nn(C)c2c1nc(CCl)n2CC(C)N(C)C. The number of likely N-dealkylation sites (N-methyl/N-ethyl adjacent to an activating group) is 1. The summed E-state index contributed by atoms with van der Waals surface area (Å²) in [6.45, 7) is 5.03. The van der Waals surface area contributed by atoms with Crippen LogP contribution in [0.3, 0.4) is 0 Å². The Hall–Kier alpha value is -1.07. The zero-order valence-electron chi connectivity index (χ0n) is 11.6. The second kappa shape index (κ2) is 4.90. The van der Waals surface area contributed by atoms with E-state index in [1.807, 2.05) is 18.7 Å². The lowest BCUT2D eigenvalue weighted by Gasteiger charge is -2.21. The minimum absolute atomic E-state index is 0.416. The maximum atomic E-state index is 6.00. The van der Waals surface area contributed by atoms with Crippen LogP contribution in [0.15, 0.2) is 0 Å². The Morgan fingerprint density at radius 2 is 2.06 bits per heavy atom. The van der Waals surface area contributed by atoms with Crippen LogP contribution in [-0.4, -0.2) is 44.4 Å². The predicted molar refractivity (Wildman–Crippen MR) is 73.9 cm³/mol. The van der Waals surface area contributed by atoms with E-state index in [0.29, 0.717) is 11.9 Å². The van der Waals surface area contributed by atoms with Gasteiger partial charge in [-0.2, -0.15) is 5.10 Å². The number of halogens is 1. The summed E-state index contributed by atoms with van der Waals surface area (Å²) in [4.78, 5) is 6.78. The van der Waals surface area contributed by atoms with Crippen LogP contribution in [0.1, 0.15) is 18.4 Å². The second-order valence-corrected chi connectivity index (χ2v) is 5.23. The number of hydrogen-bond acceptors (Lipinski definition) is 3. The van der Waals surface area contributed by atoms with E-state index in [1.165, 1.54) is 0 Å². The molecule has 2 aromatic rings. The van der Waals surface area contributed by atoms with Crippen molar-refractivity contribution in [3.05, 3.63) is 11.5 Å². The smallest absolute Gasteiger partial charge is 0.158 e. The van der Waals surface area contributed by atoms with Gasteiger partial charge in [0, 0.05) is 19.6 Å². The fraction of sp³-hybridized carbons (Fsp3) is 0.667. The molecular formula is C12H20ClN5. The lowest BCUT2D eigenvalue weighted by Crippen LogP contribution is -2.30. The Bertz CT molecular complexity index is 554. The average molecular weight is 270 g/mol. The molecule has 0 amide bonds. The summed E-state index contributed by atoms with van der Waals surface area (Å²) in [5, 5.41) is 4.42. The van der Waals surface area contributed by atoms with Crippen LogP contribution in [0, 0.1) is 6.92 Å². The monoisotopic (exact) mass is 269 g/mol. The summed E-state index contributed by atoms with van der Waals surface area (Å²) in [5.74, 6) is 1.34. The van der Waals surface area contributed by atoms with Crippen molar-refractivity contribution >= 4 is 22.8 Å². The molecule has 0 radical (unpaired) electrons. The molecule has 1 atom stereocenters. The molecule has 0 aromatic carbocycles. The van der Waals surface area contributed by atoms with Crippen LogP contribution in [0.2, 0.25) is 0 Å². The number of nitrogens with zero attached hydrogens (tertiary/aromatic N) is 5. The van der Waals surface area contributed by atoms with E-state index < -0.39 is 0 Å². The fourth-order valence-electron chi connectivity index (χ4n) is 2.10. The van der Waals surface area contributed by atoms with Crippen LogP contribution >= 0.6 is 11.6 Å². The summed E-state index contributed by atoms with van der Waals surface area (Å²) in [6, 6.07) is 0.416. The van der Waals surface area contributed by atoms with Gasteiger partial charge in [-0.3, -0.25) is 4.68 Å². The second-order valence-electron chi connectivity index (χ2n) is 4.97. The first-order valence-corrected chi connectivity index (χ1v) is 6.60. The van der Waals surface area contributed by atoms with E-state index in [1.54, 1.807) is 0 Å². The van der Waals surface area contributed by atoms with Gasteiger partial charge in [-0.05, 0) is 27.9 Å². The Balaban J connectivity index is 2.52. The van der Waals surface area contributed by atoms with E-state index in [4.69, 9.17) is 11.6 Å². The quantitative estimate of drug-likeness (QED) is 0.794. The lowest BCUT2D eigenvalue weighted by atomic mass is 10.3. The maximum absolute atomic E-state index is 6.00. The van der Waals surface area contributed by atoms with E-state index in [0.717, 1.165) is 29.2 Å². The zero-order chi connectivity index (χ0) is 13.4. The van der Waals surface area contributed by atoms with Crippen molar-refractivity contribution in [3.63, 3.8) is 0 Å². The molecular weight excluding hydrogens is 250 g/mol. The Labute approximate surface area is 112 Å². The van der Waals surface area contributed by atoms with Crippen molar-refractivity contribution in [2.45, 2.75) is 32.3 Å². The molecule has 2 rings (SSSR count). The standard InChI is InChI=1S/C12H20ClN5/c1-8(16(3)4)7-18-10(6-13)14-11-9(2)15-17(5)12(11)18/h8H,6-7H2,1-5H3. The number of aromatic nitrogens is 4. The molecule has 0 N–H and O–H groups in total. The molecule has 0 bridgehead atoms. The fourth-order valence-corrected chi connectivity index (χ4v) is 2.31. The van der Waals surface area contributed by atoms with Crippen molar-refractivity contribution in [1.82, 2.24) is 24.2 Å². The number of fused-ring (bicyclic) bond motifs is 1. The lowest BCUT2D eigenvalue weighted by molar-refractivity contribution is 0.283. The molecule has 2 heterocycles. The third kappa shape index (κ3) is 2.12. The molecule has 0 saturated carbocycles. The van der Waals surface area contributed by atoms with E-state index in [2.05, 4.69) is 40.6 Å². The van der Waals surface area contributed by atoms with Gasteiger partial charge in [0.2, 0.25) is 0 Å². The van der Waals surface area contributed by atoms with E-state index in [-0.39, 0.29) is 0 Å². The van der Waals surface area contributed by atoms with E-state index in [9.17, 15) is 0 Å². The topological polar surface area (TPSA) is 38.9 Å². The number of hydrogen-bond donors (Lipinski definition) is 0. The third-order valence-electron chi connectivity index (χ3n) is 3.42. The molecule has 0 aliphatic rings. The number of alkyl halides is 1. The summed E-state index contributed by atoms with van der Waals surface area (Å²) < 4.78 is 4.06. The third-order valence-corrected chi connectivity index (χ3v) is 3.66. The van der Waals surface area contributed by atoms with Gasteiger partial charge in [0.25, 0.3) is 0 Å². The first-order valence-electron chi connectivity index (χ1n) is 6.06. The van der Waals surface area contributed by atoms with Crippen molar-refractivity contribution < 1.29 is 0 Å². The van der Waals surface area contributed by atoms with Crippen molar-refractivity contribution in [3.8, 4) is 0 Å². The highest BCUT2D eigenvalue weighted by molar-refractivity contribution is 6.16. The average Bonchev–Trinajstić information content (AvgIpc) is 2.79. The highest BCUT2D eigenvalue weighted by Gasteiger charge is 2.18. The summed E-state index contributed by atoms with van der Waals surface area (Å²) >= 11 is 6.00. The molecule has 5 nitrogen and oxygen atoms in total. The van der Waals surface area contributed by atoms with Crippen LogP contribution in [0.25, 0.3) is 11.2 Å². The zero-order valence-corrected chi connectivity index (χ0v) is 12.4. The number of aryl methyl sites for hydroxylation is 2. The molecule has 0 aliphatic carbocycles. The van der Waals surface area contributed by atoms with Gasteiger partial charge in [0.05, 0.1) is 11.6 Å². The van der Waals surface area contributed by atoms with Crippen LogP contribution < -0.4 is 0 Å². The van der Waals surface area contributed by atoms with Crippen LogP contribution in [0.5, 0.6) is 0 Å². The summed E-state index contributed by atoms with van der Waals surface area (Å²) in [5.41, 5.74) is 2.96. The van der Waals surface area contributed by atoms with Crippen molar-refractivity contribution in [2.75, 3.05) is 14.1 Å². The van der Waals surface area contributed by atoms with Gasteiger partial charge in [0.1, 0.15) is 11.3 Å². The highest BCUT2D eigenvalue weighted by Crippen LogP contribution is 2.20. The summed E-state index contributed by atoms with van der Waals surface area (Å²) in [6.07, 6.45) is 0. The van der Waals surface area contributed by atoms with Gasteiger partial charge < -0.3 is 9.47 Å². The van der Waals surface area contributed by atoms with Crippen molar-refractivity contribution in [1.29, 1.82) is 0 Å². The van der Waals surface area contributed by atoms with Gasteiger partial charge in [0.15, 0.2) is 5.65 Å². The number of rotatable bonds is 4. The first-order chi connectivity index (χ1) is 8.45. The minimum Gasteiger partial charge on any atom is -0.310 e. The Morgan fingerprint density at radius 1 is 1.39 bits per heavy atom. The van der Waals surface area contributed by atoms with Gasteiger partial charge in [-0.1, -0.05) is 0 Å². The molecule has 18 heavy (non-hydrogen) atoms. The van der Waals surface area contributed by atoms with Gasteiger partial charge >= 0.3 is 0 Å². The van der Waals surface area contributed by atoms with Gasteiger partial charge in [-0.15, -0.1) is 11.6 Å². The largest absolute Gasteiger partial charge is 0.310 e. The molecule has 1 unspecified atom stereocenters. The predicted octanol–water partition coefficient (Wildman–Crippen LogP) is 1.77. The normalized spacial score (nSPS) is 13.7. The van der Waals surface area contributed by atoms with Crippen LogP contribution in [0.4, 0.5) is 0 Å².